The van der Waals surface area contributed by atoms with Gasteiger partial charge in [-0.1, -0.05) is 43.7 Å². The van der Waals surface area contributed by atoms with E-state index in [0.717, 1.165) is 30.2 Å². The van der Waals surface area contributed by atoms with Crippen LogP contribution in [0.1, 0.15) is 35.7 Å². The number of non-ortho nitro benzene ring substituents is 2. The summed E-state index contributed by atoms with van der Waals surface area (Å²) in [6.07, 6.45) is 1.61. The van der Waals surface area contributed by atoms with Crippen LogP contribution in [0.5, 0.6) is 0 Å². The molecule has 0 saturated heterocycles. The van der Waals surface area contributed by atoms with E-state index in [4.69, 9.17) is 4.74 Å². The molecule has 0 aliphatic heterocycles. The number of nitrogens with zero attached hydrogens (tertiary/aromatic N) is 2. The number of hydrogen-bond acceptors (Lipinski definition) is 7. The molecule has 0 spiro atoms. The van der Waals surface area contributed by atoms with E-state index in [2.05, 4.69) is 5.32 Å². The van der Waals surface area contributed by atoms with Gasteiger partial charge < -0.3 is 10.1 Å². The molecule has 1 atom stereocenters. The minimum atomic E-state index is -1.06. The van der Waals surface area contributed by atoms with Crippen LogP contribution in [0.3, 0.4) is 0 Å². The number of benzene rings is 2. The van der Waals surface area contributed by atoms with Gasteiger partial charge in [-0.3, -0.25) is 25.0 Å². The quantitative estimate of drug-likeness (QED) is 0.272. The Morgan fingerprint density at radius 3 is 2.17 bits per heavy atom. The monoisotopic (exact) mass is 415 g/mol. The van der Waals surface area contributed by atoms with E-state index >= 15 is 0 Å². The number of rotatable bonds is 10. The van der Waals surface area contributed by atoms with Gasteiger partial charge >= 0.3 is 5.97 Å². The molecule has 0 bridgehead atoms. The molecule has 0 aliphatic carbocycles. The van der Waals surface area contributed by atoms with Crippen molar-refractivity contribution in [3.8, 4) is 0 Å². The Balaban J connectivity index is 2.27. The van der Waals surface area contributed by atoms with Gasteiger partial charge in [-0.15, -0.1) is 0 Å². The van der Waals surface area contributed by atoms with E-state index < -0.39 is 39.1 Å². The molecule has 10 heteroatoms. The van der Waals surface area contributed by atoms with Gasteiger partial charge in [0.1, 0.15) is 6.04 Å². The van der Waals surface area contributed by atoms with E-state index in [1.807, 2.05) is 6.92 Å². The maximum absolute atomic E-state index is 12.7. The van der Waals surface area contributed by atoms with Crippen LogP contribution in [0.4, 0.5) is 11.4 Å². The second-order valence-corrected chi connectivity index (χ2v) is 6.49. The van der Waals surface area contributed by atoms with Crippen molar-refractivity contribution in [2.75, 3.05) is 6.61 Å². The van der Waals surface area contributed by atoms with Gasteiger partial charge in [-0.2, -0.15) is 0 Å². The van der Waals surface area contributed by atoms with Crippen LogP contribution < -0.4 is 5.32 Å². The zero-order valence-electron chi connectivity index (χ0n) is 16.3. The minimum absolute atomic E-state index is 0.133. The lowest BCUT2D eigenvalue weighted by Gasteiger charge is -2.18. The van der Waals surface area contributed by atoms with Crippen molar-refractivity contribution in [3.63, 3.8) is 0 Å². The highest BCUT2D eigenvalue weighted by atomic mass is 16.6. The average molecular weight is 415 g/mol. The van der Waals surface area contributed by atoms with Gasteiger partial charge in [0.05, 0.1) is 28.1 Å². The van der Waals surface area contributed by atoms with Crippen LogP contribution in [0.15, 0.2) is 48.5 Å². The maximum atomic E-state index is 12.7. The van der Waals surface area contributed by atoms with E-state index in [-0.39, 0.29) is 18.6 Å². The molecule has 0 saturated carbocycles. The summed E-state index contributed by atoms with van der Waals surface area (Å²) in [6.45, 7) is 2.13. The van der Waals surface area contributed by atoms with E-state index in [0.29, 0.717) is 6.42 Å². The molecular weight excluding hydrogens is 394 g/mol. The molecule has 2 aromatic carbocycles. The van der Waals surface area contributed by atoms with E-state index in [1.165, 1.54) is 0 Å². The second kappa shape index (κ2) is 10.6. The van der Waals surface area contributed by atoms with Crippen molar-refractivity contribution in [3.05, 3.63) is 79.9 Å². The fourth-order valence-corrected chi connectivity index (χ4v) is 2.64. The summed E-state index contributed by atoms with van der Waals surface area (Å²) in [5.41, 5.74) is -0.727. The van der Waals surface area contributed by atoms with Crippen molar-refractivity contribution < 1.29 is 24.2 Å². The van der Waals surface area contributed by atoms with Gasteiger partial charge in [-0.25, -0.2) is 4.79 Å². The third kappa shape index (κ3) is 6.36. The third-order valence-corrected chi connectivity index (χ3v) is 4.20. The molecule has 0 aliphatic rings. The second-order valence-electron chi connectivity index (χ2n) is 6.49. The molecule has 1 unspecified atom stereocenters. The fourth-order valence-electron chi connectivity index (χ4n) is 2.64. The molecule has 0 aromatic heterocycles. The van der Waals surface area contributed by atoms with Crippen LogP contribution in [0.25, 0.3) is 0 Å². The highest BCUT2D eigenvalue weighted by Gasteiger charge is 2.26. The number of nitrogens with one attached hydrogen (secondary N) is 1. The van der Waals surface area contributed by atoms with Gasteiger partial charge in [0.15, 0.2) is 0 Å². The predicted molar refractivity (Wildman–Crippen MR) is 107 cm³/mol. The number of unbranched alkanes of at least 4 members (excludes halogenated alkanes) is 1. The Kier molecular flexibility index (Phi) is 7.98. The molecular formula is C20H21N3O7. The van der Waals surface area contributed by atoms with E-state index in [1.54, 1.807) is 30.3 Å². The summed E-state index contributed by atoms with van der Waals surface area (Å²) in [7, 11) is 0. The molecule has 158 valence electrons. The van der Waals surface area contributed by atoms with Crippen LogP contribution in [-0.2, 0) is 16.0 Å². The van der Waals surface area contributed by atoms with Crippen LogP contribution >= 0.6 is 0 Å². The highest BCUT2D eigenvalue weighted by Crippen LogP contribution is 2.23. The number of carbonyl (C=O) groups excluding carboxylic acids is 2. The summed E-state index contributed by atoms with van der Waals surface area (Å²) in [4.78, 5) is 45.6. The van der Waals surface area contributed by atoms with Crippen molar-refractivity contribution in [1.29, 1.82) is 0 Å². The zero-order chi connectivity index (χ0) is 22.1. The molecule has 1 N–H and O–H groups in total. The zero-order valence-corrected chi connectivity index (χ0v) is 16.3. The number of ether oxygens (including phenoxy) is 1. The molecule has 0 radical (unpaired) electrons. The Bertz CT molecular complexity index is 899. The lowest BCUT2D eigenvalue weighted by atomic mass is 10.1. The average Bonchev–Trinajstić information content (AvgIpc) is 2.73. The molecule has 10 nitrogen and oxygen atoms in total. The van der Waals surface area contributed by atoms with Crippen LogP contribution in [0, 0.1) is 20.2 Å². The first-order valence-corrected chi connectivity index (χ1v) is 9.27. The van der Waals surface area contributed by atoms with Crippen LogP contribution in [-0.4, -0.2) is 34.4 Å². The lowest BCUT2D eigenvalue weighted by Crippen LogP contribution is -2.43. The summed E-state index contributed by atoms with van der Waals surface area (Å²) in [6, 6.07) is 10.5. The van der Waals surface area contributed by atoms with Gasteiger partial charge in [0, 0.05) is 18.6 Å². The van der Waals surface area contributed by atoms with Gasteiger partial charge in [0.25, 0.3) is 17.3 Å². The maximum Gasteiger partial charge on any atom is 0.328 e. The molecule has 30 heavy (non-hydrogen) atoms. The van der Waals surface area contributed by atoms with Gasteiger partial charge in [-0.05, 0) is 12.0 Å². The summed E-state index contributed by atoms with van der Waals surface area (Å²) < 4.78 is 5.21. The summed E-state index contributed by atoms with van der Waals surface area (Å²) in [5, 5.41) is 24.6. The standard InChI is InChI=1S/C20H21N3O7/c1-2-3-9-30-20(25)18(10-14-7-5-4-6-8-14)21-19(24)15-11-16(22(26)27)13-17(12-15)23(28)29/h4-8,11-13,18H,2-3,9-10H2,1H3,(H,21,24). The smallest absolute Gasteiger partial charge is 0.328 e. The Hall–Kier alpha value is -3.82. The number of carbonyl (C=O) groups is 2. The first-order valence-electron chi connectivity index (χ1n) is 9.27. The molecule has 2 aromatic rings. The number of nitro benzene ring substituents is 2. The topological polar surface area (TPSA) is 142 Å². The van der Waals surface area contributed by atoms with Crippen molar-refractivity contribution in [2.24, 2.45) is 0 Å². The largest absolute Gasteiger partial charge is 0.464 e. The van der Waals surface area contributed by atoms with E-state index in [9.17, 15) is 29.8 Å². The number of hydrogen-bond donors (Lipinski definition) is 1. The third-order valence-electron chi connectivity index (χ3n) is 4.20. The molecule has 0 heterocycles. The molecule has 1 amide bonds. The summed E-state index contributed by atoms with van der Waals surface area (Å²) in [5.74, 6) is -1.50. The molecule has 0 fully saturated rings. The van der Waals surface area contributed by atoms with Gasteiger partial charge in [0.2, 0.25) is 0 Å². The minimum Gasteiger partial charge on any atom is -0.464 e. The highest BCUT2D eigenvalue weighted by molar-refractivity contribution is 5.98. The van der Waals surface area contributed by atoms with Crippen LogP contribution in [0.2, 0.25) is 0 Å². The summed E-state index contributed by atoms with van der Waals surface area (Å²) >= 11 is 0. The molecule has 2 rings (SSSR count). The first kappa shape index (κ1) is 22.5. The van der Waals surface area contributed by atoms with Crippen molar-refractivity contribution in [1.82, 2.24) is 5.32 Å². The first-order chi connectivity index (χ1) is 14.3. The van der Waals surface area contributed by atoms with Crippen molar-refractivity contribution in [2.45, 2.75) is 32.2 Å². The predicted octanol–water partition coefficient (Wildman–Crippen LogP) is 3.19. The lowest BCUT2D eigenvalue weighted by molar-refractivity contribution is -0.394. The number of nitro groups is 2. The van der Waals surface area contributed by atoms with Crippen molar-refractivity contribution >= 4 is 23.3 Å². The number of amides is 1. The normalized spacial score (nSPS) is 11.4. The fraction of sp³-hybridized carbons (Fsp3) is 0.300. The Labute approximate surface area is 172 Å². The Morgan fingerprint density at radius 1 is 1.03 bits per heavy atom. The number of esters is 1. The SMILES string of the molecule is CCCCOC(=O)C(Cc1ccccc1)NC(=O)c1cc([N+](=O)[O-])cc([N+](=O)[O-])c1. The Morgan fingerprint density at radius 2 is 1.63 bits per heavy atom.